The number of fused-ring (bicyclic) bond motifs is 3. The Hall–Kier alpha value is -3.02. The Kier molecular flexibility index (Phi) is 5.11. The number of hydrogen-bond acceptors (Lipinski definition) is 4. The highest BCUT2D eigenvalue weighted by Gasteiger charge is 2.60. The number of rotatable bonds is 5. The zero-order chi connectivity index (χ0) is 22.3. The summed E-state index contributed by atoms with van der Waals surface area (Å²) in [6.07, 6.45) is 4.37. The highest BCUT2D eigenvalue weighted by atomic mass is 16.5. The lowest BCUT2D eigenvalue weighted by molar-refractivity contribution is -0.139. The molecular formula is C26H31N3O3. The highest BCUT2D eigenvalue weighted by Crippen LogP contribution is 2.58. The van der Waals surface area contributed by atoms with Crippen molar-refractivity contribution in [3.05, 3.63) is 59.7 Å². The summed E-state index contributed by atoms with van der Waals surface area (Å²) in [7, 11) is 1.66. The van der Waals surface area contributed by atoms with Crippen LogP contribution in [0.25, 0.3) is 0 Å². The molecule has 0 aromatic heterocycles. The minimum absolute atomic E-state index is 0.0176. The molecule has 3 unspecified atom stereocenters. The molecule has 4 atom stereocenters. The van der Waals surface area contributed by atoms with Crippen LogP contribution in [0.5, 0.6) is 5.75 Å². The molecule has 1 heterocycles. The molecule has 2 aromatic rings. The van der Waals surface area contributed by atoms with E-state index in [4.69, 9.17) is 4.74 Å². The lowest BCUT2D eigenvalue weighted by Crippen LogP contribution is -2.70. The van der Waals surface area contributed by atoms with Crippen LogP contribution >= 0.6 is 0 Å². The molecule has 2 bridgehead atoms. The van der Waals surface area contributed by atoms with Crippen molar-refractivity contribution >= 4 is 17.5 Å². The number of para-hydroxylation sites is 1. The molecule has 3 aliphatic carbocycles. The molecule has 32 heavy (non-hydrogen) atoms. The third kappa shape index (κ3) is 3.51. The molecule has 3 saturated carbocycles. The van der Waals surface area contributed by atoms with Crippen molar-refractivity contribution in [1.29, 1.82) is 0 Å². The van der Waals surface area contributed by atoms with Gasteiger partial charge in [0.05, 0.1) is 12.7 Å². The molecule has 6 nitrogen and oxygen atoms in total. The summed E-state index contributed by atoms with van der Waals surface area (Å²) in [5, 5.41) is 10.1. The first-order chi connectivity index (χ1) is 15.4. The van der Waals surface area contributed by atoms with Gasteiger partial charge in [-0.05, 0) is 67.3 Å². The van der Waals surface area contributed by atoms with Crippen LogP contribution in [0.2, 0.25) is 0 Å². The molecule has 2 aromatic carbocycles. The molecule has 4 aliphatic rings. The van der Waals surface area contributed by atoms with E-state index >= 15 is 0 Å². The van der Waals surface area contributed by atoms with E-state index in [0.29, 0.717) is 12.1 Å². The number of anilines is 1. The van der Waals surface area contributed by atoms with E-state index in [-0.39, 0.29) is 29.1 Å². The Morgan fingerprint density at radius 3 is 2.69 bits per heavy atom. The van der Waals surface area contributed by atoms with Crippen molar-refractivity contribution in [2.45, 2.75) is 44.7 Å². The van der Waals surface area contributed by atoms with Crippen LogP contribution < -0.4 is 20.7 Å². The maximum Gasteiger partial charge on any atom is 0.255 e. The molecule has 168 valence electrons. The third-order valence-corrected chi connectivity index (χ3v) is 7.86. The average Bonchev–Trinajstić information content (AvgIpc) is 2.79. The average molecular weight is 434 g/mol. The molecule has 0 saturated heterocycles. The quantitative estimate of drug-likeness (QED) is 0.671. The van der Waals surface area contributed by atoms with Crippen LogP contribution in [0.1, 0.15) is 48.5 Å². The summed E-state index contributed by atoms with van der Waals surface area (Å²) in [6.45, 7) is 2.84. The highest BCUT2D eigenvalue weighted by molar-refractivity contribution is 6.02. The molecule has 3 fully saturated rings. The normalized spacial score (nSPS) is 30.2. The molecule has 6 heteroatoms. The fraction of sp³-hybridized carbons (Fsp3) is 0.462. The van der Waals surface area contributed by atoms with Gasteiger partial charge in [-0.25, -0.2) is 0 Å². The Bertz CT molecular complexity index is 1040. The number of carbonyl (C=O) groups excluding carboxylic acids is 2. The van der Waals surface area contributed by atoms with Crippen LogP contribution in [0, 0.1) is 17.3 Å². The molecular weight excluding hydrogens is 402 g/mol. The van der Waals surface area contributed by atoms with Gasteiger partial charge in [0.1, 0.15) is 11.4 Å². The predicted octanol–water partition coefficient (Wildman–Crippen LogP) is 3.73. The van der Waals surface area contributed by atoms with Crippen LogP contribution in [0.15, 0.2) is 48.5 Å². The summed E-state index contributed by atoms with van der Waals surface area (Å²) in [5.74, 6) is 1.17. The van der Waals surface area contributed by atoms with Gasteiger partial charge >= 0.3 is 0 Å². The van der Waals surface area contributed by atoms with Crippen molar-refractivity contribution < 1.29 is 14.3 Å². The first-order valence-corrected chi connectivity index (χ1v) is 11.5. The summed E-state index contributed by atoms with van der Waals surface area (Å²) in [6, 6.07) is 15.6. The van der Waals surface area contributed by atoms with Gasteiger partial charge in [-0.3, -0.25) is 9.59 Å². The van der Waals surface area contributed by atoms with E-state index in [0.717, 1.165) is 43.5 Å². The van der Waals surface area contributed by atoms with E-state index in [9.17, 15) is 9.59 Å². The van der Waals surface area contributed by atoms with E-state index in [2.05, 4.69) is 22.9 Å². The molecule has 0 radical (unpaired) electrons. The zero-order valence-corrected chi connectivity index (χ0v) is 18.7. The summed E-state index contributed by atoms with van der Waals surface area (Å²) in [4.78, 5) is 26.0. The van der Waals surface area contributed by atoms with Gasteiger partial charge in [0, 0.05) is 24.1 Å². The van der Waals surface area contributed by atoms with Crippen LogP contribution in [0.4, 0.5) is 5.69 Å². The van der Waals surface area contributed by atoms with E-state index < -0.39 is 5.66 Å². The van der Waals surface area contributed by atoms with Gasteiger partial charge in [0.2, 0.25) is 5.91 Å². The standard InChI is InChI=1S/C26H31N3O3/c1-25-13-11-18(26(16-25)28-22-6-4-3-5-20(22)23(30)29-26)15-21(25)24(31)27-14-12-17-7-9-19(32-2)10-8-17/h3-10,18,21,28H,11-16H2,1-2H3,(H,27,31)(H,29,30)/t18?,21?,25?,26-/m0/s1. The maximum atomic E-state index is 13.2. The van der Waals surface area contributed by atoms with Crippen molar-refractivity contribution in [1.82, 2.24) is 10.6 Å². The summed E-state index contributed by atoms with van der Waals surface area (Å²) >= 11 is 0. The van der Waals surface area contributed by atoms with Crippen LogP contribution in [0.3, 0.4) is 0 Å². The lowest BCUT2D eigenvalue weighted by Gasteiger charge is -2.60. The number of benzene rings is 2. The van der Waals surface area contributed by atoms with Crippen LogP contribution in [-0.4, -0.2) is 31.1 Å². The Morgan fingerprint density at radius 2 is 1.94 bits per heavy atom. The van der Waals surface area contributed by atoms with Gasteiger partial charge in [0.15, 0.2) is 0 Å². The number of nitrogens with one attached hydrogen (secondary N) is 3. The Morgan fingerprint density at radius 1 is 1.16 bits per heavy atom. The number of ether oxygens (including phenoxy) is 1. The first-order valence-electron chi connectivity index (χ1n) is 11.5. The molecule has 6 rings (SSSR count). The molecule has 1 spiro atoms. The van der Waals surface area contributed by atoms with E-state index in [1.807, 2.05) is 48.5 Å². The predicted molar refractivity (Wildman–Crippen MR) is 124 cm³/mol. The van der Waals surface area contributed by atoms with Crippen LogP contribution in [-0.2, 0) is 11.2 Å². The molecule has 2 amide bonds. The second kappa shape index (κ2) is 7.84. The SMILES string of the molecule is COc1ccc(CCNC(=O)C2CC3CCC2(C)C[C@]32NC(=O)c3ccccc3N2)cc1. The van der Waals surface area contributed by atoms with Gasteiger partial charge in [-0.2, -0.15) is 0 Å². The van der Waals surface area contributed by atoms with Gasteiger partial charge < -0.3 is 20.7 Å². The fourth-order valence-corrected chi connectivity index (χ4v) is 6.10. The topological polar surface area (TPSA) is 79.5 Å². The molecule has 1 aliphatic heterocycles. The van der Waals surface area contributed by atoms with E-state index in [1.165, 1.54) is 5.56 Å². The smallest absolute Gasteiger partial charge is 0.255 e. The van der Waals surface area contributed by atoms with Crippen molar-refractivity contribution in [3.63, 3.8) is 0 Å². The second-order valence-electron chi connectivity index (χ2n) is 9.84. The number of carbonyl (C=O) groups is 2. The second-order valence-corrected chi connectivity index (χ2v) is 9.84. The number of methoxy groups -OCH3 is 1. The number of hydrogen-bond donors (Lipinski definition) is 3. The van der Waals surface area contributed by atoms with Gasteiger partial charge in [-0.1, -0.05) is 31.2 Å². The minimum Gasteiger partial charge on any atom is -0.497 e. The Labute approximate surface area is 189 Å². The maximum absolute atomic E-state index is 13.2. The summed E-state index contributed by atoms with van der Waals surface area (Å²) < 4.78 is 5.20. The summed E-state index contributed by atoms with van der Waals surface area (Å²) in [5.41, 5.74) is 2.16. The molecule has 3 N–H and O–H groups in total. The van der Waals surface area contributed by atoms with Gasteiger partial charge in [0.25, 0.3) is 5.91 Å². The van der Waals surface area contributed by atoms with Crippen molar-refractivity contribution in [2.75, 3.05) is 19.0 Å². The first kappa shape index (κ1) is 20.9. The van der Waals surface area contributed by atoms with Crippen molar-refractivity contribution in [2.24, 2.45) is 17.3 Å². The third-order valence-electron chi connectivity index (χ3n) is 7.86. The van der Waals surface area contributed by atoms with Gasteiger partial charge in [-0.15, -0.1) is 0 Å². The van der Waals surface area contributed by atoms with E-state index in [1.54, 1.807) is 7.11 Å². The zero-order valence-electron chi connectivity index (χ0n) is 18.7. The minimum atomic E-state index is -0.460. The van der Waals surface area contributed by atoms with Crippen molar-refractivity contribution in [3.8, 4) is 5.75 Å². The number of amides is 2. The Balaban J connectivity index is 1.25. The monoisotopic (exact) mass is 433 g/mol. The lowest BCUT2D eigenvalue weighted by atomic mass is 9.51. The fourth-order valence-electron chi connectivity index (χ4n) is 6.10. The largest absolute Gasteiger partial charge is 0.497 e.